The molecule has 1 N–H and O–H groups in total. The Bertz CT molecular complexity index is 303. The number of quaternary nitrogens is 1. The summed E-state index contributed by atoms with van der Waals surface area (Å²) in [7, 11) is 0. The van der Waals surface area contributed by atoms with Crippen LogP contribution in [0.2, 0.25) is 0 Å². The van der Waals surface area contributed by atoms with E-state index >= 15 is 0 Å². The fourth-order valence-corrected chi connectivity index (χ4v) is 5.23. The fraction of sp³-hybridized carbons (Fsp3) is 1.00. The molecule has 1 aliphatic rings. The monoisotopic (exact) mass is 408 g/mol. The van der Waals surface area contributed by atoms with Crippen LogP contribution in [0.25, 0.3) is 0 Å². The third-order valence-electron chi connectivity index (χ3n) is 7.41. The maximum Gasteiger partial charge on any atom is 0.0773 e. The fourth-order valence-electron chi connectivity index (χ4n) is 5.23. The summed E-state index contributed by atoms with van der Waals surface area (Å²) in [6.07, 6.45) is 32.5. The molecule has 1 fully saturated rings. The van der Waals surface area contributed by atoms with Crippen molar-refractivity contribution < 1.29 is 4.90 Å². The summed E-state index contributed by atoms with van der Waals surface area (Å²) in [6.45, 7) is 9.02. The average Bonchev–Trinajstić information content (AvgIpc) is 2.75. The first kappa shape index (κ1) is 27.0. The Balaban J connectivity index is 1.80. The highest BCUT2D eigenvalue weighted by molar-refractivity contribution is 4.63. The van der Waals surface area contributed by atoms with Gasteiger partial charge in [-0.15, -0.1) is 0 Å². The summed E-state index contributed by atoms with van der Waals surface area (Å²) in [4.78, 5) is 1.92. The summed E-state index contributed by atoms with van der Waals surface area (Å²) in [5, 5.41) is 0. The van der Waals surface area contributed by atoms with Crippen LogP contribution < -0.4 is 4.90 Å². The molecule has 1 heterocycles. The van der Waals surface area contributed by atoms with Gasteiger partial charge in [-0.25, -0.2) is 0 Å². The molecule has 0 aliphatic carbocycles. The quantitative estimate of drug-likeness (QED) is 0.183. The van der Waals surface area contributed by atoms with Gasteiger partial charge in [-0.3, -0.25) is 0 Å². The van der Waals surface area contributed by atoms with E-state index < -0.39 is 0 Å². The first-order valence-corrected chi connectivity index (χ1v) is 14.2. The summed E-state index contributed by atoms with van der Waals surface area (Å²) in [5.74, 6) is 1.07. The minimum atomic E-state index is 1.07. The highest BCUT2D eigenvalue weighted by atomic mass is 15.1. The van der Waals surface area contributed by atoms with Gasteiger partial charge in [-0.2, -0.15) is 0 Å². The van der Waals surface area contributed by atoms with Crippen LogP contribution >= 0.6 is 0 Å². The van der Waals surface area contributed by atoms with Gasteiger partial charge in [-0.1, -0.05) is 129 Å². The molecule has 1 aliphatic heterocycles. The lowest BCUT2D eigenvalue weighted by atomic mass is 9.91. The van der Waals surface area contributed by atoms with E-state index in [2.05, 4.69) is 13.8 Å². The Morgan fingerprint density at radius 2 is 0.862 bits per heavy atom. The Morgan fingerprint density at radius 1 is 0.483 bits per heavy atom. The normalized spacial score (nSPS) is 19.7. The SMILES string of the molecule is CCCCCCCCCCCCCC1CC[NH+](CCCCCCCCCC)CC1. The Hall–Kier alpha value is -0.0400. The third-order valence-corrected chi connectivity index (χ3v) is 7.41. The highest BCUT2D eigenvalue weighted by Crippen LogP contribution is 2.19. The smallest absolute Gasteiger partial charge is 0.0773 e. The van der Waals surface area contributed by atoms with Gasteiger partial charge in [0.2, 0.25) is 0 Å². The van der Waals surface area contributed by atoms with Crippen LogP contribution in [0.3, 0.4) is 0 Å². The zero-order chi connectivity index (χ0) is 20.8. The Kier molecular flexibility index (Phi) is 19.7. The summed E-state index contributed by atoms with van der Waals surface area (Å²) >= 11 is 0. The van der Waals surface area contributed by atoms with Crippen LogP contribution in [0.4, 0.5) is 0 Å². The van der Waals surface area contributed by atoms with Crippen molar-refractivity contribution in [3.63, 3.8) is 0 Å². The molecule has 0 aromatic carbocycles. The van der Waals surface area contributed by atoms with Crippen molar-refractivity contribution in [2.45, 2.75) is 155 Å². The second kappa shape index (κ2) is 21.2. The van der Waals surface area contributed by atoms with Gasteiger partial charge in [0.25, 0.3) is 0 Å². The van der Waals surface area contributed by atoms with Crippen molar-refractivity contribution in [2.75, 3.05) is 19.6 Å². The lowest BCUT2D eigenvalue weighted by Crippen LogP contribution is -3.13. The summed E-state index contributed by atoms with van der Waals surface area (Å²) in [6, 6.07) is 0. The Labute approximate surface area is 185 Å². The number of likely N-dealkylation sites (tertiary alicyclic amines) is 1. The molecular formula is C28H58N+. The van der Waals surface area contributed by atoms with Gasteiger partial charge in [0.1, 0.15) is 0 Å². The van der Waals surface area contributed by atoms with Crippen molar-refractivity contribution in [1.82, 2.24) is 0 Å². The largest absolute Gasteiger partial charge is 0.335 e. The van der Waals surface area contributed by atoms with E-state index in [1.165, 1.54) is 161 Å². The maximum absolute atomic E-state index is 2.31. The number of nitrogens with one attached hydrogen (secondary N) is 1. The van der Waals surface area contributed by atoms with Crippen LogP contribution in [0, 0.1) is 5.92 Å². The molecule has 1 heteroatoms. The lowest BCUT2D eigenvalue weighted by Gasteiger charge is -2.29. The predicted molar refractivity (Wildman–Crippen MR) is 132 cm³/mol. The van der Waals surface area contributed by atoms with E-state index in [4.69, 9.17) is 0 Å². The molecule has 0 saturated carbocycles. The standard InChI is InChI=1S/C28H57N/c1-3-5-7-9-11-13-14-15-16-18-20-22-28-23-26-29(27-24-28)25-21-19-17-12-10-8-6-4-2/h28H,3-27H2,1-2H3/p+1. The summed E-state index contributed by atoms with van der Waals surface area (Å²) in [5.41, 5.74) is 0. The first-order chi connectivity index (χ1) is 14.4. The molecule has 0 aromatic rings. The lowest BCUT2D eigenvalue weighted by molar-refractivity contribution is -0.906. The van der Waals surface area contributed by atoms with Gasteiger partial charge in [0, 0.05) is 0 Å². The molecular weight excluding hydrogens is 350 g/mol. The number of piperidine rings is 1. The van der Waals surface area contributed by atoms with Crippen molar-refractivity contribution >= 4 is 0 Å². The Morgan fingerprint density at radius 3 is 1.31 bits per heavy atom. The van der Waals surface area contributed by atoms with E-state index in [0.29, 0.717) is 0 Å². The van der Waals surface area contributed by atoms with E-state index in [1.54, 1.807) is 0 Å². The van der Waals surface area contributed by atoms with Gasteiger partial charge < -0.3 is 4.90 Å². The van der Waals surface area contributed by atoms with Crippen LogP contribution in [0.15, 0.2) is 0 Å². The first-order valence-electron chi connectivity index (χ1n) is 14.2. The van der Waals surface area contributed by atoms with Crippen molar-refractivity contribution in [2.24, 2.45) is 5.92 Å². The third kappa shape index (κ3) is 17.3. The molecule has 0 radical (unpaired) electrons. The molecule has 1 nitrogen and oxygen atoms in total. The number of unbranched alkanes of at least 4 members (excludes halogenated alkanes) is 17. The molecule has 1 saturated heterocycles. The molecule has 0 amide bonds. The van der Waals surface area contributed by atoms with Gasteiger partial charge in [-0.05, 0) is 31.6 Å². The molecule has 0 aromatic heterocycles. The van der Waals surface area contributed by atoms with Crippen LogP contribution in [-0.2, 0) is 0 Å². The minimum Gasteiger partial charge on any atom is -0.335 e. The topological polar surface area (TPSA) is 4.44 Å². The molecule has 174 valence electrons. The molecule has 0 unspecified atom stereocenters. The number of rotatable bonds is 21. The highest BCUT2D eigenvalue weighted by Gasteiger charge is 2.21. The van der Waals surface area contributed by atoms with Crippen molar-refractivity contribution in [3.8, 4) is 0 Å². The molecule has 0 atom stereocenters. The van der Waals surface area contributed by atoms with E-state index in [9.17, 15) is 0 Å². The van der Waals surface area contributed by atoms with Crippen LogP contribution in [0.5, 0.6) is 0 Å². The van der Waals surface area contributed by atoms with Crippen molar-refractivity contribution in [1.29, 1.82) is 0 Å². The van der Waals surface area contributed by atoms with E-state index in [1.807, 2.05) is 4.90 Å². The summed E-state index contributed by atoms with van der Waals surface area (Å²) < 4.78 is 0. The van der Waals surface area contributed by atoms with E-state index in [0.717, 1.165) is 5.92 Å². The van der Waals surface area contributed by atoms with E-state index in [-0.39, 0.29) is 0 Å². The van der Waals surface area contributed by atoms with Crippen molar-refractivity contribution in [3.05, 3.63) is 0 Å². The van der Waals surface area contributed by atoms with Crippen LogP contribution in [-0.4, -0.2) is 19.6 Å². The zero-order valence-corrected chi connectivity index (χ0v) is 20.8. The number of hydrogen-bond donors (Lipinski definition) is 1. The zero-order valence-electron chi connectivity index (χ0n) is 20.8. The minimum absolute atomic E-state index is 1.07. The second-order valence-electron chi connectivity index (χ2n) is 10.2. The number of hydrogen-bond acceptors (Lipinski definition) is 0. The van der Waals surface area contributed by atoms with Gasteiger partial charge >= 0.3 is 0 Å². The molecule has 29 heavy (non-hydrogen) atoms. The molecule has 0 spiro atoms. The predicted octanol–water partition coefficient (Wildman–Crippen LogP) is 8.12. The molecule has 1 rings (SSSR count). The maximum atomic E-state index is 2.31. The van der Waals surface area contributed by atoms with Gasteiger partial charge in [0.15, 0.2) is 0 Å². The van der Waals surface area contributed by atoms with Crippen LogP contribution in [0.1, 0.15) is 155 Å². The average molecular weight is 409 g/mol. The molecule has 0 bridgehead atoms. The second-order valence-corrected chi connectivity index (χ2v) is 10.2. The van der Waals surface area contributed by atoms with Gasteiger partial charge in [0.05, 0.1) is 19.6 Å².